The third-order valence-corrected chi connectivity index (χ3v) is 2.70. The number of nitrogens with two attached hydrogens (primary N) is 1. The zero-order chi connectivity index (χ0) is 13.5. The quantitative estimate of drug-likeness (QED) is 0.763. The zero-order valence-corrected chi connectivity index (χ0v) is 11.3. The number of carbonyl (C=O) groups excluding carboxylic acids is 1. The Bertz CT molecular complexity index is 392. The van der Waals surface area contributed by atoms with Gasteiger partial charge in [-0.1, -0.05) is 6.07 Å². The highest BCUT2D eigenvalue weighted by atomic mass is 16.1. The van der Waals surface area contributed by atoms with Crippen molar-refractivity contribution < 1.29 is 4.79 Å². The van der Waals surface area contributed by atoms with Gasteiger partial charge in [-0.3, -0.25) is 9.69 Å². The minimum atomic E-state index is -0.308. The number of nitrogens with one attached hydrogen (secondary N) is 1. The van der Waals surface area contributed by atoms with Crippen LogP contribution in [0.5, 0.6) is 0 Å². The minimum Gasteiger partial charge on any atom is -0.370 e. The maximum Gasteiger partial charge on any atom is 0.231 e. The Hall–Kier alpha value is -1.62. The van der Waals surface area contributed by atoms with Gasteiger partial charge in [-0.15, -0.1) is 0 Å². The average molecular weight is 250 g/mol. The van der Waals surface area contributed by atoms with Crippen LogP contribution in [-0.2, 0) is 11.3 Å². The maximum atomic E-state index is 11.1. The average Bonchev–Trinajstić information content (AvgIpc) is 2.30. The Kier molecular flexibility index (Phi) is 5.58. The lowest BCUT2D eigenvalue weighted by atomic mass is 10.2. The van der Waals surface area contributed by atoms with Crippen LogP contribution in [0.4, 0.5) is 5.82 Å². The van der Waals surface area contributed by atoms with Crippen molar-refractivity contribution in [3.8, 4) is 0 Å². The Morgan fingerprint density at radius 2 is 2.28 bits per heavy atom. The van der Waals surface area contributed by atoms with E-state index in [-0.39, 0.29) is 18.5 Å². The summed E-state index contributed by atoms with van der Waals surface area (Å²) in [5.41, 5.74) is 6.35. The van der Waals surface area contributed by atoms with Gasteiger partial charge in [0.15, 0.2) is 0 Å². The molecular formula is C13H22N4O. The molecule has 1 rings (SSSR count). The third kappa shape index (κ3) is 4.33. The summed E-state index contributed by atoms with van der Waals surface area (Å²) >= 11 is 0. The van der Waals surface area contributed by atoms with Crippen molar-refractivity contribution in [1.82, 2.24) is 9.88 Å². The van der Waals surface area contributed by atoms with E-state index in [1.165, 1.54) is 0 Å². The van der Waals surface area contributed by atoms with Gasteiger partial charge >= 0.3 is 0 Å². The maximum absolute atomic E-state index is 11.1. The molecule has 1 aromatic heterocycles. The van der Waals surface area contributed by atoms with Crippen LogP contribution in [0.15, 0.2) is 18.3 Å². The van der Waals surface area contributed by atoms with Gasteiger partial charge in [0.05, 0.1) is 6.54 Å². The first-order valence-corrected chi connectivity index (χ1v) is 6.24. The molecule has 1 heterocycles. The van der Waals surface area contributed by atoms with E-state index in [1.807, 2.05) is 37.8 Å². The van der Waals surface area contributed by atoms with E-state index >= 15 is 0 Å². The van der Waals surface area contributed by atoms with E-state index in [0.717, 1.165) is 17.9 Å². The molecule has 5 heteroatoms. The van der Waals surface area contributed by atoms with Gasteiger partial charge in [-0.2, -0.15) is 0 Å². The van der Waals surface area contributed by atoms with Crippen molar-refractivity contribution in [2.75, 3.05) is 18.4 Å². The van der Waals surface area contributed by atoms with E-state index in [2.05, 4.69) is 10.3 Å². The Balaban J connectivity index is 2.82. The molecule has 3 N–H and O–H groups in total. The van der Waals surface area contributed by atoms with Crippen molar-refractivity contribution in [3.63, 3.8) is 0 Å². The topological polar surface area (TPSA) is 71.2 Å². The first-order chi connectivity index (χ1) is 8.54. The lowest BCUT2D eigenvalue weighted by Crippen LogP contribution is -2.38. The molecule has 18 heavy (non-hydrogen) atoms. The molecule has 0 bridgehead atoms. The Morgan fingerprint density at radius 1 is 1.56 bits per heavy atom. The van der Waals surface area contributed by atoms with Gasteiger partial charge in [0.25, 0.3) is 0 Å². The minimum absolute atomic E-state index is 0.257. The first kappa shape index (κ1) is 14.4. The molecule has 0 fully saturated rings. The fourth-order valence-corrected chi connectivity index (χ4v) is 1.73. The molecule has 0 aliphatic heterocycles. The van der Waals surface area contributed by atoms with Crippen LogP contribution < -0.4 is 11.1 Å². The summed E-state index contributed by atoms with van der Waals surface area (Å²) < 4.78 is 0. The molecule has 0 aliphatic rings. The van der Waals surface area contributed by atoms with E-state index in [9.17, 15) is 4.79 Å². The van der Waals surface area contributed by atoms with Gasteiger partial charge in [-0.05, 0) is 26.8 Å². The van der Waals surface area contributed by atoms with Crippen LogP contribution in [0.3, 0.4) is 0 Å². The van der Waals surface area contributed by atoms with Crippen LogP contribution in [0.1, 0.15) is 26.3 Å². The second-order valence-electron chi connectivity index (χ2n) is 4.51. The van der Waals surface area contributed by atoms with Crippen LogP contribution in [0.2, 0.25) is 0 Å². The highest BCUT2D eigenvalue weighted by Gasteiger charge is 2.14. The van der Waals surface area contributed by atoms with E-state index in [1.54, 1.807) is 6.20 Å². The van der Waals surface area contributed by atoms with Gasteiger partial charge < -0.3 is 11.1 Å². The molecule has 1 aromatic rings. The highest BCUT2D eigenvalue weighted by molar-refractivity contribution is 5.76. The van der Waals surface area contributed by atoms with Gasteiger partial charge in [0.2, 0.25) is 5.91 Å². The van der Waals surface area contributed by atoms with Crippen molar-refractivity contribution in [2.24, 2.45) is 5.73 Å². The number of nitrogens with zero attached hydrogens (tertiary/aromatic N) is 2. The largest absolute Gasteiger partial charge is 0.370 e. The van der Waals surface area contributed by atoms with Gasteiger partial charge in [0, 0.05) is 30.9 Å². The smallest absolute Gasteiger partial charge is 0.231 e. The molecule has 0 radical (unpaired) electrons. The van der Waals surface area contributed by atoms with Crippen molar-refractivity contribution in [1.29, 1.82) is 0 Å². The van der Waals surface area contributed by atoms with Crippen LogP contribution in [0.25, 0.3) is 0 Å². The second-order valence-corrected chi connectivity index (χ2v) is 4.51. The summed E-state index contributed by atoms with van der Waals surface area (Å²) in [6.07, 6.45) is 1.76. The SMILES string of the molecule is CCNc1ncccc1CN(CC(N)=O)C(C)C. The molecule has 0 unspecified atom stereocenters. The first-order valence-electron chi connectivity index (χ1n) is 6.24. The molecule has 0 aliphatic carbocycles. The summed E-state index contributed by atoms with van der Waals surface area (Å²) in [5, 5.41) is 3.22. The zero-order valence-electron chi connectivity index (χ0n) is 11.3. The summed E-state index contributed by atoms with van der Waals surface area (Å²) in [6.45, 7) is 7.87. The number of primary amides is 1. The van der Waals surface area contributed by atoms with Gasteiger partial charge in [-0.25, -0.2) is 4.98 Å². The van der Waals surface area contributed by atoms with Crippen molar-refractivity contribution in [2.45, 2.75) is 33.4 Å². The Morgan fingerprint density at radius 3 is 2.83 bits per heavy atom. The summed E-state index contributed by atoms with van der Waals surface area (Å²) in [7, 11) is 0. The molecular weight excluding hydrogens is 228 g/mol. The lowest BCUT2D eigenvalue weighted by molar-refractivity contribution is -0.119. The molecule has 0 spiro atoms. The summed E-state index contributed by atoms with van der Waals surface area (Å²) in [6, 6.07) is 4.17. The van der Waals surface area contributed by atoms with Crippen LogP contribution >= 0.6 is 0 Å². The molecule has 0 atom stereocenters. The molecule has 100 valence electrons. The van der Waals surface area contributed by atoms with E-state index in [4.69, 9.17) is 5.73 Å². The van der Waals surface area contributed by atoms with Crippen LogP contribution in [-0.4, -0.2) is 34.9 Å². The standard InChI is InChI=1S/C13H22N4O/c1-4-15-13-11(6-5-7-16-13)8-17(10(2)3)9-12(14)18/h5-7,10H,4,8-9H2,1-3H3,(H2,14,18)(H,15,16). The molecule has 0 saturated carbocycles. The normalized spacial score (nSPS) is 10.9. The monoisotopic (exact) mass is 250 g/mol. The molecule has 1 amide bonds. The number of hydrogen-bond donors (Lipinski definition) is 2. The predicted octanol–water partition coefficient (Wildman–Crippen LogP) is 1.21. The second kappa shape index (κ2) is 6.96. The van der Waals surface area contributed by atoms with Crippen LogP contribution in [0, 0.1) is 0 Å². The fourth-order valence-electron chi connectivity index (χ4n) is 1.73. The third-order valence-electron chi connectivity index (χ3n) is 2.70. The molecule has 0 saturated heterocycles. The molecule has 0 aromatic carbocycles. The van der Waals surface area contributed by atoms with Crippen molar-refractivity contribution >= 4 is 11.7 Å². The number of aromatic nitrogens is 1. The van der Waals surface area contributed by atoms with E-state index in [0.29, 0.717) is 6.54 Å². The van der Waals surface area contributed by atoms with Gasteiger partial charge in [0.1, 0.15) is 5.82 Å². The molecule has 5 nitrogen and oxygen atoms in total. The summed E-state index contributed by atoms with van der Waals surface area (Å²) in [4.78, 5) is 17.4. The van der Waals surface area contributed by atoms with Crippen molar-refractivity contribution in [3.05, 3.63) is 23.9 Å². The number of carbonyl (C=O) groups is 1. The predicted molar refractivity (Wildman–Crippen MR) is 73.1 cm³/mol. The Labute approximate surface area is 108 Å². The fraction of sp³-hybridized carbons (Fsp3) is 0.538. The lowest BCUT2D eigenvalue weighted by Gasteiger charge is -2.25. The number of rotatable bonds is 7. The number of pyridine rings is 1. The highest BCUT2D eigenvalue weighted by Crippen LogP contribution is 2.15. The van der Waals surface area contributed by atoms with E-state index < -0.39 is 0 Å². The number of hydrogen-bond acceptors (Lipinski definition) is 4. The number of amides is 1. The summed E-state index contributed by atoms with van der Waals surface area (Å²) in [5.74, 6) is 0.563. The number of anilines is 1.